The third kappa shape index (κ3) is 5.57. The Kier molecular flexibility index (Phi) is 6.51. The molecule has 0 saturated heterocycles. The van der Waals surface area contributed by atoms with Crippen LogP contribution in [0.4, 0.5) is 4.39 Å². The van der Waals surface area contributed by atoms with Gasteiger partial charge in [0.25, 0.3) is 5.91 Å². The van der Waals surface area contributed by atoms with Crippen molar-refractivity contribution in [2.75, 3.05) is 13.2 Å². The van der Waals surface area contributed by atoms with Gasteiger partial charge < -0.3 is 10.1 Å². The van der Waals surface area contributed by atoms with E-state index in [-0.39, 0.29) is 34.1 Å². The summed E-state index contributed by atoms with van der Waals surface area (Å²) in [5, 5.41) is 3.56. The summed E-state index contributed by atoms with van der Waals surface area (Å²) in [5.41, 5.74) is 0.927. The number of amides is 1. The van der Waals surface area contributed by atoms with Crippen molar-refractivity contribution in [3.63, 3.8) is 0 Å². The number of halogens is 4. The summed E-state index contributed by atoms with van der Waals surface area (Å²) in [4.78, 5) is 11.7. The largest absolute Gasteiger partial charge is 0.481 e. The van der Waals surface area contributed by atoms with Crippen LogP contribution in [0.15, 0.2) is 36.4 Å². The highest BCUT2D eigenvalue weighted by Crippen LogP contribution is 2.35. The van der Waals surface area contributed by atoms with Crippen LogP contribution in [0.1, 0.15) is 5.56 Å². The van der Waals surface area contributed by atoms with Gasteiger partial charge in [-0.2, -0.15) is 0 Å². The van der Waals surface area contributed by atoms with E-state index in [1.54, 1.807) is 12.1 Å². The van der Waals surface area contributed by atoms with Crippen LogP contribution in [0.2, 0.25) is 15.1 Å². The second-order valence-electron chi connectivity index (χ2n) is 4.71. The lowest BCUT2D eigenvalue weighted by Gasteiger charge is -2.10. The number of carbonyl (C=O) groups is 1. The zero-order valence-electron chi connectivity index (χ0n) is 11.9. The Balaban J connectivity index is 1.78. The van der Waals surface area contributed by atoms with Crippen molar-refractivity contribution in [1.29, 1.82) is 0 Å². The van der Waals surface area contributed by atoms with Crippen molar-refractivity contribution < 1.29 is 13.9 Å². The van der Waals surface area contributed by atoms with Gasteiger partial charge in [0, 0.05) is 11.6 Å². The summed E-state index contributed by atoms with van der Waals surface area (Å²) in [6.07, 6.45) is 0.592. The number of hydrogen-bond acceptors (Lipinski definition) is 2. The summed E-state index contributed by atoms with van der Waals surface area (Å²) in [6.45, 7) is 0.195. The third-order valence-electron chi connectivity index (χ3n) is 2.96. The summed E-state index contributed by atoms with van der Waals surface area (Å²) < 4.78 is 18.1. The summed E-state index contributed by atoms with van der Waals surface area (Å²) in [5.74, 6) is -0.386. The highest BCUT2D eigenvalue weighted by molar-refractivity contribution is 6.40. The van der Waals surface area contributed by atoms with Gasteiger partial charge in [-0.3, -0.25) is 4.79 Å². The fraction of sp³-hybridized carbons (Fsp3) is 0.188. The predicted octanol–water partition coefficient (Wildman–Crippen LogP) is 4.52. The van der Waals surface area contributed by atoms with E-state index in [9.17, 15) is 9.18 Å². The molecule has 2 aromatic rings. The van der Waals surface area contributed by atoms with Crippen molar-refractivity contribution in [3.8, 4) is 5.75 Å². The van der Waals surface area contributed by atoms with E-state index in [2.05, 4.69) is 5.32 Å². The fourth-order valence-electron chi connectivity index (χ4n) is 1.85. The number of carbonyl (C=O) groups excluding carboxylic acids is 1. The summed E-state index contributed by atoms with van der Waals surface area (Å²) in [7, 11) is 0. The number of ether oxygens (including phenoxy) is 1. The quantitative estimate of drug-likeness (QED) is 0.805. The second kappa shape index (κ2) is 8.39. The van der Waals surface area contributed by atoms with Gasteiger partial charge in [0.05, 0.1) is 10.0 Å². The normalized spacial score (nSPS) is 10.4. The van der Waals surface area contributed by atoms with Crippen LogP contribution in [0.3, 0.4) is 0 Å². The Bertz CT molecular complexity index is 669. The van der Waals surface area contributed by atoms with Gasteiger partial charge in [-0.05, 0) is 36.2 Å². The van der Waals surface area contributed by atoms with Crippen molar-refractivity contribution in [3.05, 3.63) is 62.8 Å². The van der Waals surface area contributed by atoms with Crippen molar-refractivity contribution in [2.45, 2.75) is 6.42 Å². The molecule has 2 aromatic carbocycles. The smallest absolute Gasteiger partial charge is 0.257 e. The van der Waals surface area contributed by atoms with Crippen LogP contribution >= 0.6 is 34.8 Å². The first kappa shape index (κ1) is 17.9. The topological polar surface area (TPSA) is 38.3 Å². The number of nitrogens with one attached hydrogen (secondary N) is 1. The van der Waals surface area contributed by atoms with Gasteiger partial charge in [0.1, 0.15) is 5.82 Å². The number of hydrogen-bond donors (Lipinski definition) is 1. The minimum Gasteiger partial charge on any atom is -0.481 e. The van der Waals surface area contributed by atoms with Gasteiger partial charge in [-0.25, -0.2) is 4.39 Å². The molecule has 0 aliphatic rings. The Morgan fingerprint density at radius 3 is 2.30 bits per heavy atom. The lowest BCUT2D eigenvalue weighted by molar-refractivity contribution is -0.123. The van der Waals surface area contributed by atoms with Crippen molar-refractivity contribution in [2.24, 2.45) is 0 Å². The maximum absolute atomic E-state index is 12.8. The van der Waals surface area contributed by atoms with E-state index in [1.165, 1.54) is 24.3 Å². The fourth-order valence-corrected chi connectivity index (χ4v) is 2.78. The maximum atomic E-state index is 12.8. The lowest BCUT2D eigenvalue weighted by atomic mass is 10.1. The third-order valence-corrected chi connectivity index (χ3v) is 3.74. The van der Waals surface area contributed by atoms with Crippen molar-refractivity contribution >= 4 is 40.7 Å². The second-order valence-corrected chi connectivity index (χ2v) is 5.96. The number of benzene rings is 2. The molecule has 0 fully saturated rings. The molecule has 3 nitrogen and oxygen atoms in total. The van der Waals surface area contributed by atoms with E-state index in [1.807, 2.05) is 0 Å². The molecule has 0 spiro atoms. The molecule has 23 heavy (non-hydrogen) atoms. The average Bonchev–Trinajstić information content (AvgIpc) is 2.48. The SMILES string of the molecule is O=C(COc1c(Cl)cc(Cl)cc1Cl)NCCc1ccc(F)cc1. The molecule has 0 heterocycles. The molecule has 2 rings (SSSR count). The molecule has 0 aliphatic carbocycles. The molecule has 0 aromatic heterocycles. The monoisotopic (exact) mass is 375 g/mol. The molecule has 0 radical (unpaired) electrons. The van der Waals surface area contributed by atoms with Crippen LogP contribution in [-0.4, -0.2) is 19.1 Å². The minimum absolute atomic E-state index is 0.214. The van der Waals surface area contributed by atoms with E-state index in [4.69, 9.17) is 39.5 Å². The van der Waals surface area contributed by atoms with Gasteiger partial charge in [0.15, 0.2) is 12.4 Å². The van der Waals surface area contributed by atoms with E-state index < -0.39 is 0 Å². The lowest BCUT2D eigenvalue weighted by Crippen LogP contribution is -2.30. The predicted molar refractivity (Wildman–Crippen MR) is 90.1 cm³/mol. The summed E-state index contributed by atoms with van der Waals surface area (Å²) >= 11 is 17.7. The molecular weight excluding hydrogens is 364 g/mol. The Labute approximate surface area is 148 Å². The molecule has 122 valence electrons. The maximum Gasteiger partial charge on any atom is 0.257 e. The zero-order valence-corrected chi connectivity index (χ0v) is 14.2. The van der Waals surface area contributed by atoms with Gasteiger partial charge in [-0.15, -0.1) is 0 Å². The van der Waals surface area contributed by atoms with Crippen molar-refractivity contribution in [1.82, 2.24) is 5.32 Å². The van der Waals surface area contributed by atoms with E-state index in [0.717, 1.165) is 5.56 Å². The Morgan fingerprint density at radius 1 is 1.09 bits per heavy atom. The molecule has 1 amide bonds. The van der Waals surface area contributed by atoms with Crippen LogP contribution in [0.25, 0.3) is 0 Å². The molecule has 0 bridgehead atoms. The Morgan fingerprint density at radius 2 is 1.70 bits per heavy atom. The standard InChI is InChI=1S/C16H13Cl3FNO2/c17-11-7-13(18)16(14(19)8-11)23-9-15(22)21-6-5-10-1-3-12(20)4-2-10/h1-4,7-8H,5-6,9H2,(H,21,22). The molecule has 0 aliphatic heterocycles. The first-order valence-electron chi connectivity index (χ1n) is 6.74. The molecular formula is C16H13Cl3FNO2. The minimum atomic E-state index is -0.311. The van der Waals surface area contributed by atoms with Crippen LogP contribution in [0, 0.1) is 5.82 Å². The molecule has 1 N–H and O–H groups in total. The highest BCUT2D eigenvalue weighted by Gasteiger charge is 2.11. The Hall–Kier alpha value is -1.49. The van der Waals surface area contributed by atoms with Crippen LogP contribution in [-0.2, 0) is 11.2 Å². The van der Waals surface area contributed by atoms with E-state index >= 15 is 0 Å². The number of rotatable bonds is 6. The van der Waals surface area contributed by atoms with Gasteiger partial charge in [0.2, 0.25) is 0 Å². The zero-order chi connectivity index (χ0) is 16.8. The van der Waals surface area contributed by atoms with Crippen LogP contribution < -0.4 is 10.1 Å². The van der Waals surface area contributed by atoms with E-state index in [0.29, 0.717) is 18.0 Å². The van der Waals surface area contributed by atoms with Gasteiger partial charge in [-0.1, -0.05) is 46.9 Å². The molecule has 0 unspecified atom stereocenters. The molecule has 7 heteroatoms. The highest BCUT2D eigenvalue weighted by atomic mass is 35.5. The first-order valence-corrected chi connectivity index (χ1v) is 7.87. The summed E-state index contributed by atoms with van der Waals surface area (Å²) in [6, 6.07) is 9.07. The average molecular weight is 377 g/mol. The molecule has 0 atom stereocenters. The van der Waals surface area contributed by atoms with Crippen LogP contribution in [0.5, 0.6) is 5.75 Å². The molecule has 0 saturated carbocycles. The first-order chi connectivity index (χ1) is 11.0. The van der Waals surface area contributed by atoms with Gasteiger partial charge >= 0.3 is 0 Å².